The number of rotatable bonds is 4. The monoisotopic (exact) mass is 499 g/mol. The molecule has 36 heavy (non-hydrogen) atoms. The number of pyridine rings is 1. The molecule has 1 aromatic carbocycles. The molecule has 0 spiro atoms. The standard InChI is InChI=1S/C27H29N7OS/c1-4-36(33-14-12-32(13-15-33)27-30-19(2)16-22(18-28)31-27)23-7-8-25-21(17-23)9-11-34(25)26(35)24-6-5-10-29-20(24)3/h4-8,10,16-17H,9,11-15H2,1-3H3. The van der Waals surface area contributed by atoms with Gasteiger partial charge in [-0.05, 0) is 74.5 Å². The number of benzene rings is 1. The third-order valence-corrected chi connectivity index (χ3v) is 8.76. The SMILES string of the molecule is C/C=S(/c1ccc2c(c1)CCN2C(=O)c1cccnc1C)N1CCN(c2nc(C)cc(C#N)n2)CC1. The number of piperazine rings is 1. The van der Waals surface area contributed by atoms with E-state index in [2.05, 4.69) is 60.7 Å². The summed E-state index contributed by atoms with van der Waals surface area (Å²) in [5, 5.41) is 11.5. The first kappa shape index (κ1) is 24.1. The molecule has 1 saturated heterocycles. The third-order valence-electron chi connectivity index (χ3n) is 6.65. The Labute approximate surface area is 214 Å². The number of carbonyl (C=O) groups is 1. The van der Waals surface area contributed by atoms with Crippen LogP contribution in [-0.2, 0) is 6.42 Å². The van der Waals surface area contributed by atoms with Crippen molar-refractivity contribution in [2.75, 3.05) is 42.5 Å². The smallest absolute Gasteiger partial charge is 0.260 e. The van der Waals surface area contributed by atoms with Gasteiger partial charge >= 0.3 is 0 Å². The van der Waals surface area contributed by atoms with Crippen LogP contribution in [0.15, 0.2) is 47.5 Å². The van der Waals surface area contributed by atoms with Gasteiger partial charge in [0.05, 0.1) is 5.56 Å². The molecule has 5 rings (SSSR count). The molecule has 3 aromatic rings. The second-order valence-corrected chi connectivity index (χ2v) is 11.0. The number of nitriles is 1. The van der Waals surface area contributed by atoms with Crippen molar-refractivity contribution in [3.05, 3.63) is 70.8 Å². The van der Waals surface area contributed by atoms with E-state index < -0.39 is 0 Å². The Bertz CT molecular complexity index is 1390. The van der Waals surface area contributed by atoms with Gasteiger partial charge < -0.3 is 9.80 Å². The van der Waals surface area contributed by atoms with E-state index >= 15 is 0 Å². The predicted octanol–water partition coefficient (Wildman–Crippen LogP) is 3.75. The second kappa shape index (κ2) is 10.2. The lowest BCUT2D eigenvalue weighted by Gasteiger charge is -2.36. The number of hydrogen-bond donors (Lipinski definition) is 0. The number of amides is 1. The number of aromatic nitrogens is 3. The normalized spacial score (nSPS) is 16.6. The molecule has 0 bridgehead atoms. The number of nitrogens with zero attached hydrogens (tertiary/aromatic N) is 7. The van der Waals surface area contributed by atoms with Crippen molar-refractivity contribution in [2.24, 2.45) is 0 Å². The Morgan fingerprint density at radius 3 is 2.61 bits per heavy atom. The van der Waals surface area contributed by atoms with E-state index in [0.717, 1.165) is 49.7 Å². The summed E-state index contributed by atoms with van der Waals surface area (Å²) in [5.74, 6) is 0.653. The van der Waals surface area contributed by atoms with Crippen LogP contribution in [0.25, 0.3) is 0 Å². The van der Waals surface area contributed by atoms with E-state index in [0.29, 0.717) is 23.8 Å². The van der Waals surface area contributed by atoms with Gasteiger partial charge in [0, 0.05) is 60.9 Å². The average molecular weight is 500 g/mol. The van der Waals surface area contributed by atoms with Crippen molar-refractivity contribution < 1.29 is 4.79 Å². The Morgan fingerprint density at radius 2 is 1.89 bits per heavy atom. The fraction of sp³-hybridized carbons (Fsp3) is 0.333. The van der Waals surface area contributed by atoms with E-state index in [1.165, 1.54) is 10.5 Å². The van der Waals surface area contributed by atoms with Crippen molar-refractivity contribution in [1.82, 2.24) is 19.3 Å². The molecule has 4 heterocycles. The molecule has 184 valence electrons. The van der Waals surface area contributed by atoms with Crippen LogP contribution in [0.3, 0.4) is 0 Å². The third kappa shape index (κ3) is 4.62. The van der Waals surface area contributed by atoms with Crippen LogP contribution in [0.2, 0.25) is 0 Å². The van der Waals surface area contributed by atoms with Crippen molar-refractivity contribution >= 4 is 33.6 Å². The summed E-state index contributed by atoms with van der Waals surface area (Å²) >= 11 is 0. The number of fused-ring (bicyclic) bond motifs is 1. The molecule has 1 atom stereocenters. The summed E-state index contributed by atoms with van der Waals surface area (Å²) in [7, 11) is -0.142. The molecule has 0 saturated carbocycles. The quantitative estimate of drug-likeness (QED) is 0.505. The molecule has 8 nitrogen and oxygen atoms in total. The summed E-state index contributed by atoms with van der Waals surface area (Å²) in [6.07, 6.45) is 2.57. The fourth-order valence-electron chi connectivity index (χ4n) is 4.85. The minimum atomic E-state index is -0.142. The highest BCUT2D eigenvalue weighted by Gasteiger charge is 2.28. The summed E-state index contributed by atoms with van der Waals surface area (Å²) in [5.41, 5.74) is 4.86. The number of aryl methyl sites for hydroxylation is 2. The number of carbonyl (C=O) groups excluding carboxylic acids is 1. The van der Waals surface area contributed by atoms with Gasteiger partial charge in [-0.3, -0.25) is 9.78 Å². The summed E-state index contributed by atoms with van der Waals surface area (Å²) in [4.78, 5) is 31.8. The molecule has 1 fully saturated rings. The van der Waals surface area contributed by atoms with E-state index in [1.807, 2.05) is 30.9 Å². The van der Waals surface area contributed by atoms with Crippen LogP contribution in [0.1, 0.15) is 39.9 Å². The molecule has 1 unspecified atom stereocenters. The number of anilines is 2. The average Bonchev–Trinajstić information content (AvgIpc) is 3.32. The first-order valence-electron chi connectivity index (χ1n) is 12.1. The van der Waals surface area contributed by atoms with Crippen molar-refractivity contribution in [3.63, 3.8) is 0 Å². The molecule has 0 N–H and O–H groups in total. The Balaban J connectivity index is 1.31. The van der Waals surface area contributed by atoms with Gasteiger partial charge in [-0.15, -0.1) is 0 Å². The molecule has 1 amide bonds. The molecule has 0 radical (unpaired) electrons. The maximum absolute atomic E-state index is 13.2. The second-order valence-electron chi connectivity index (χ2n) is 8.91. The van der Waals surface area contributed by atoms with Crippen LogP contribution >= 0.6 is 10.7 Å². The van der Waals surface area contributed by atoms with Gasteiger partial charge in [0.1, 0.15) is 11.8 Å². The zero-order valence-corrected chi connectivity index (χ0v) is 21.6. The van der Waals surface area contributed by atoms with Crippen LogP contribution in [-0.4, -0.2) is 63.3 Å². The predicted molar refractivity (Wildman–Crippen MR) is 144 cm³/mol. The minimum absolute atomic E-state index is 0.0159. The molecule has 2 aliphatic heterocycles. The van der Waals surface area contributed by atoms with E-state index in [4.69, 9.17) is 0 Å². The zero-order valence-electron chi connectivity index (χ0n) is 20.8. The first-order chi connectivity index (χ1) is 17.5. The van der Waals surface area contributed by atoms with E-state index in [-0.39, 0.29) is 16.6 Å². The molecule has 9 heteroatoms. The van der Waals surface area contributed by atoms with Crippen LogP contribution < -0.4 is 9.80 Å². The van der Waals surface area contributed by atoms with E-state index in [9.17, 15) is 10.1 Å². The van der Waals surface area contributed by atoms with Crippen molar-refractivity contribution in [2.45, 2.75) is 32.1 Å². The van der Waals surface area contributed by atoms with Gasteiger partial charge in [-0.1, -0.05) is 10.7 Å². The van der Waals surface area contributed by atoms with E-state index in [1.54, 1.807) is 12.3 Å². The Kier molecular flexibility index (Phi) is 6.81. The lowest BCUT2D eigenvalue weighted by molar-refractivity contribution is 0.0988. The highest BCUT2D eigenvalue weighted by atomic mass is 32.2. The van der Waals surface area contributed by atoms with Gasteiger partial charge in [0.15, 0.2) is 0 Å². The lowest BCUT2D eigenvalue weighted by Crippen LogP contribution is -2.45. The zero-order chi connectivity index (χ0) is 25.2. The highest BCUT2D eigenvalue weighted by Crippen LogP contribution is 2.38. The molecular formula is C27H29N7OS. The van der Waals surface area contributed by atoms with Gasteiger partial charge in [-0.2, -0.15) is 5.26 Å². The topological polar surface area (TPSA) is 89.3 Å². The molecular weight excluding hydrogens is 470 g/mol. The van der Waals surface area contributed by atoms with Crippen molar-refractivity contribution in [3.8, 4) is 6.07 Å². The van der Waals surface area contributed by atoms with Crippen molar-refractivity contribution in [1.29, 1.82) is 5.26 Å². The van der Waals surface area contributed by atoms with Crippen LogP contribution in [0, 0.1) is 25.2 Å². The van der Waals surface area contributed by atoms with Crippen LogP contribution in [0.4, 0.5) is 11.6 Å². The molecule has 2 aromatic heterocycles. The highest BCUT2D eigenvalue weighted by molar-refractivity contribution is 8.13. The first-order valence-corrected chi connectivity index (χ1v) is 13.4. The van der Waals surface area contributed by atoms with Gasteiger partial charge in [-0.25, -0.2) is 14.3 Å². The fourth-order valence-corrected chi connectivity index (χ4v) is 6.74. The largest absolute Gasteiger partial charge is 0.338 e. The lowest BCUT2D eigenvalue weighted by atomic mass is 10.1. The molecule has 2 aliphatic rings. The Hall–Kier alpha value is -3.61. The maximum Gasteiger partial charge on any atom is 0.260 e. The maximum atomic E-state index is 13.2. The minimum Gasteiger partial charge on any atom is -0.338 e. The number of hydrogen-bond acceptors (Lipinski definition) is 7. The summed E-state index contributed by atoms with van der Waals surface area (Å²) < 4.78 is 2.50. The van der Waals surface area contributed by atoms with Crippen LogP contribution in [0.5, 0.6) is 0 Å². The van der Waals surface area contributed by atoms with Gasteiger partial charge in [0.25, 0.3) is 5.91 Å². The summed E-state index contributed by atoms with van der Waals surface area (Å²) in [6, 6.07) is 14.0. The Morgan fingerprint density at radius 1 is 1.08 bits per heavy atom. The molecule has 0 aliphatic carbocycles. The summed E-state index contributed by atoms with van der Waals surface area (Å²) in [6.45, 7) is 9.97. The van der Waals surface area contributed by atoms with Gasteiger partial charge in [0.2, 0.25) is 5.95 Å².